The van der Waals surface area contributed by atoms with Crippen LogP contribution in [0.15, 0.2) is 45.5 Å². The van der Waals surface area contributed by atoms with Gasteiger partial charge in [0.25, 0.3) is 11.8 Å². The van der Waals surface area contributed by atoms with E-state index in [4.69, 9.17) is 10.2 Å². The van der Waals surface area contributed by atoms with Gasteiger partial charge >= 0.3 is 0 Å². The fourth-order valence-electron chi connectivity index (χ4n) is 3.00. The number of halogens is 1. The van der Waals surface area contributed by atoms with Crippen LogP contribution in [0.5, 0.6) is 0 Å². The first-order valence-electron chi connectivity index (χ1n) is 8.23. The molecule has 26 heavy (non-hydrogen) atoms. The number of nitrogens with zero attached hydrogens (tertiary/aromatic N) is 1. The van der Waals surface area contributed by atoms with E-state index in [1.165, 1.54) is 4.90 Å². The number of hydrogen-bond donors (Lipinski definition) is 2. The van der Waals surface area contributed by atoms with Gasteiger partial charge in [0.1, 0.15) is 6.04 Å². The predicted octanol–water partition coefficient (Wildman–Crippen LogP) is 2.77. The lowest BCUT2D eigenvalue weighted by atomic mass is 10.00. The van der Waals surface area contributed by atoms with Gasteiger partial charge in [-0.05, 0) is 65.5 Å². The Labute approximate surface area is 158 Å². The first-order valence-corrected chi connectivity index (χ1v) is 9.02. The zero-order valence-electron chi connectivity index (χ0n) is 13.9. The van der Waals surface area contributed by atoms with Crippen molar-refractivity contribution in [1.82, 2.24) is 4.90 Å². The summed E-state index contributed by atoms with van der Waals surface area (Å²) in [6.07, 6.45) is 2.27. The number of benzene rings is 1. The third-order valence-corrected chi connectivity index (χ3v) is 4.68. The smallest absolute Gasteiger partial charge is 0.291 e. The number of piperidine rings is 1. The fraction of sp³-hybridized carbons (Fsp3) is 0.278. The summed E-state index contributed by atoms with van der Waals surface area (Å²) in [5, 5.41) is 2.69. The van der Waals surface area contributed by atoms with Crippen molar-refractivity contribution in [3.63, 3.8) is 0 Å². The molecule has 1 atom stereocenters. The molecule has 0 bridgehead atoms. The molecule has 3 amide bonds. The summed E-state index contributed by atoms with van der Waals surface area (Å²) < 4.78 is 5.66. The van der Waals surface area contributed by atoms with E-state index in [1.54, 1.807) is 36.4 Å². The molecule has 1 unspecified atom stereocenters. The van der Waals surface area contributed by atoms with Crippen LogP contribution in [0.4, 0.5) is 5.69 Å². The Morgan fingerprint density at radius 3 is 2.69 bits per heavy atom. The summed E-state index contributed by atoms with van der Waals surface area (Å²) in [5.74, 6) is -1.04. The van der Waals surface area contributed by atoms with E-state index in [0.29, 0.717) is 28.9 Å². The average molecular weight is 420 g/mol. The molecule has 1 aliphatic heterocycles. The van der Waals surface area contributed by atoms with Crippen LogP contribution < -0.4 is 11.1 Å². The zero-order chi connectivity index (χ0) is 18.7. The van der Waals surface area contributed by atoms with Crippen molar-refractivity contribution in [1.29, 1.82) is 0 Å². The van der Waals surface area contributed by atoms with Crippen molar-refractivity contribution < 1.29 is 18.8 Å². The fourth-order valence-corrected chi connectivity index (χ4v) is 3.30. The number of furan rings is 1. The van der Waals surface area contributed by atoms with Gasteiger partial charge in [0.2, 0.25) is 5.91 Å². The van der Waals surface area contributed by atoms with Crippen LogP contribution in [0.3, 0.4) is 0 Å². The number of anilines is 1. The van der Waals surface area contributed by atoms with Crippen molar-refractivity contribution in [2.45, 2.75) is 25.3 Å². The molecule has 1 aromatic carbocycles. The standard InChI is InChI=1S/C18H18BrN3O4/c19-15-8-7-14(26-15)17(24)21-12-5-3-4-11(10-12)18(25)22-9-2-1-6-13(22)16(20)23/h3-5,7-8,10,13H,1-2,6,9H2,(H2,20,23)(H,21,24). The van der Waals surface area contributed by atoms with E-state index in [0.717, 1.165) is 12.8 Å². The van der Waals surface area contributed by atoms with Gasteiger partial charge in [-0.2, -0.15) is 0 Å². The Morgan fingerprint density at radius 2 is 2.00 bits per heavy atom. The number of likely N-dealkylation sites (tertiary alicyclic amines) is 1. The molecular weight excluding hydrogens is 402 g/mol. The summed E-state index contributed by atoms with van der Waals surface area (Å²) >= 11 is 3.14. The Hall–Kier alpha value is -2.61. The first kappa shape index (κ1) is 18.2. The van der Waals surface area contributed by atoms with E-state index >= 15 is 0 Å². The summed E-state index contributed by atoms with van der Waals surface area (Å²) in [7, 11) is 0. The number of nitrogens with two attached hydrogens (primary N) is 1. The second-order valence-corrected chi connectivity index (χ2v) is 6.83. The largest absolute Gasteiger partial charge is 0.444 e. The number of carbonyl (C=O) groups is 3. The number of hydrogen-bond acceptors (Lipinski definition) is 4. The van der Waals surface area contributed by atoms with Gasteiger partial charge in [-0.3, -0.25) is 14.4 Å². The highest BCUT2D eigenvalue weighted by atomic mass is 79.9. The van der Waals surface area contributed by atoms with E-state index < -0.39 is 17.9 Å². The van der Waals surface area contributed by atoms with Crippen LogP contribution >= 0.6 is 15.9 Å². The normalized spacial score (nSPS) is 17.0. The van der Waals surface area contributed by atoms with E-state index in [9.17, 15) is 14.4 Å². The van der Waals surface area contributed by atoms with Crippen LogP contribution in [0.1, 0.15) is 40.2 Å². The maximum absolute atomic E-state index is 12.8. The molecule has 1 aromatic heterocycles. The second kappa shape index (κ2) is 7.74. The first-order chi connectivity index (χ1) is 12.5. The Kier molecular flexibility index (Phi) is 5.41. The lowest BCUT2D eigenvalue weighted by Crippen LogP contribution is -2.50. The molecule has 1 fully saturated rings. The predicted molar refractivity (Wildman–Crippen MR) is 98.7 cm³/mol. The minimum Gasteiger partial charge on any atom is -0.444 e. The highest BCUT2D eigenvalue weighted by Crippen LogP contribution is 2.22. The molecule has 3 N–H and O–H groups in total. The van der Waals surface area contributed by atoms with E-state index in [-0.39, 0.29) is 11.7 Å². The van der Waals surface area contributed by atoms with Crippen LogP contribution in [0, 0.1) is 0 Å². The SMILES string of the molecule is NC(=O)C1CCCCN1C(=O)c1cccc(NC(=O)c2ccc(Br)o2)c1. The van der Waals surface area contributed by atoms with Crippen LogP contribution in [-0.4, -0.2) is 35.2 Å². The van der Waals surface area contributed by atoms with Gasteiger partial charge < -0.3 is 20.4 Å². The van der Waals surface area contributed by atoms with Crippen molar-refractivity contribution in [2.75, 3.05) is 11.9 Å². The lowest BCUT2D eigenvalue weighted by molar-refractivity contribution is -0.123. The van der Waals surface area contributed by atoms with E-state index in [2.05, 4.69) is 21.2 Å². The molecule has 3 rings (SSSR count). The maximum Gasteiger partial charge on any atom is 0.291 e. The zero-order valence-corrected chi connectivity index (χ0v) is 15.5. The van der Waals surface area contributed by atoms with Crippen molar-refractivity contribution in [3.05, 3.63) is 52.4 Å². The molecule has 1 saturated heterocycles. The lowest BCUT2D eigenvalue weighted by Gasteiger charge is -2.33. The number of amides is 3. The highest BCUT2D eigenvalue weighted by molar-refractivity contribution is 9.10. The van der Waals surface area contributed by atoms with Crippen molar-refractivity contribution in [3.8, 4) is 0 Å². The Bertz CT molecular complexity index is 848. The van der Waals surface area contributed by atoms with Crippen molar-refractivity contribution >= 4 is 39.3 Å². The van der Waals surface area contributed by atoms with Gasteiger partial charge in [0, 0.05) is 17.8 Å². The molecule has 0 aliphatic carbocycles. The molecule has 0 spiro atoms. The quantitative estimate of drug-likeness (QED) is 0.794. The summed E-state index contributed by atoms with van der Waals surface area (Å²) in [6, 6.07) is 9.14. The molecule has 0 saturated carbocycles. The highest BCUT2D eigenvalue weighted by Gasteiger charge is 2.31. The van der Waals surface area contributed by atoms with Gasteiger partial charge in [-0.15, -0.1) is 0 Å². The molecule has 2 heterocycles. The monoisotopic (exact) mass is 419 g/mol. The topological polar surface area (TPSA) is 106 Å². The van der Waals surface area contributed by atoms with E-state index in [1.807, 2.05) is 0 Å². The third kappa shape index (κ3) is 3.96. The molecule has 0 radical (unpaired) electrons. The molecule has 7 nitrogen and oxygen atoms in total. The van der Waals surface area contributed by atoms with Crippen molar-refractivity contribution in [2.24, 2.45) is 5.73 Å². The van der Waals surface area contributed by atoms with Crippen LogP contribution in [0.2, 0.25) is 0 Å². The minimum absolute atomic E-state index is 0.151. The van der Waals surface area contributed by atoms with Gasteiger partial charge in [0.05, 0.1) is 0 Å². The molecular formula is C18H18BrN3O4. The van der Waals surface area contributed by atoms with Crippen LogP contribution in [0.25, 0.3) is 0 Å². The summed E-state index contributed by atoms with van der Waals surface area (Å²) in [6.45, 7) is 0.490. The third-order valence-electron chi connectivity index (χ3n) is 4.26. The Balaban J connectivity index is 1.77. The molecule has 8 heteroatoms. The maximum atomic E-state index is 12.8. The number of carbonyl (C=O) groups excluding carboxylic acids is 3. The number of primary amides is 1. The van der Waals surface area contributed by atoms with Gasteiger partial charge in [-0.1, -0.05) is 6.07 Å². The Morgan fingerprint density at radius 1 is 1.19 bits per heavy atom. The molecule has 2 aromatic rings. The number of rotatable bonds is 4. The van der Waals surface area contributed by atoms with Gasteiger partial charge in [-0.25, -0.2) is 0 Å². The molecule has 1 aliphatic rings. The summed E-state index contributed by atoms with van der Waals surface area (Å²) in [5.41, 5.74) is 6.28. The van der Waals surface area contributed by atoms with Crippen LogP contribution in [-0.2, 0) is 4.79 Å². The number of nitrogens with one attached hydrogen (secondary N) is 1. The average Bonchev–Trinajstić information content (AvgIpc) is 3.08. The summed E-state index contributed by atoms with van der Waals surface area (Å²) in [4.78, 5) is 38.1. The molecule has 136 valence electrons. The minimum atomic E-state index is -0.588. The van der Waals surface area contributed by atoms with Gasteiger partial charge in [0.15, 0.2) is 10.4 Å². The second-order valence-electron chi connectivity index (χ2n) is 6.05.